The Bertz CT molecular complexity index is 252. The lowest BCUT2D eigenvalue weighted by molar-refractivity contribution is 0.0468. The van der Waals surface area contributed by atoms with E-state index in [0.29, 0.717) is 25.2 Å². The maximum atomic E-state index is 5.88. The third-order valence-electron chi connectivity index (χ3n) is 3.50. The molecule has 0 amide bonds. The summed E-state index contributed by atoms with van der Waals surface area (Å²) in [6, 6.07) is 0. The van der Waals surface area contributed by atoms with Crippen molar-refractivity contribution in [1.29, 1.82) is 0 Å². The van der Waals surface area contributed by atoms with E-state index in [0.717, 1.165) is 26.2 Å². The van der Waals surface area contributed by atoms with Crippen LogP contribution in [0.15, 0.2) is 4.99 Å². The molecule has 0 aliphatic heterocycles. The summed E-state index contributed by atoms with van der Waals surface area (Å²) in [5.74, 6) is 0.506. The van der Waals surface area contributed by atoms with E-state index in [4.69, 9.17) is 15.2 Å². The normalized spacial score (nSPS) is 17.9. The van der Waals surface area contributed by atoms with E-state index >= 15 is 0 Å². The molecule has 0 aromatic rings. The van der Waals surface area contributed by atoms with E-state index in [9.17, 15) is 0 Å². The first kappa shape index (κ1) is 17.2. The molecule has 1 fully saturated rings. The molecule has 118 valence electrons. The van der Waals surface area contributed by atoms with Crippen LogP contribution in [-0.2, 0) is 9.47 Å². The zero-order chi connectivity index (χ0) is 14.5. The quantitative estimate of drug-likeness (QED) is 0.294. The molecule has 5 nitrogen and oxygen atoms in total. The van der Waals surface area contributed by atoms with Crippen molar-refractivity contribution in [2.24, 2.45) is 10.7 Å². The molecule has 0 atom stereocenters. The fourth-order valence-electron chi connectivity index (χ4n) is 2.38. The Balaban J connectivity index is 1.97. The van der Waals surface area contributed by atoms with Crippen molar-refractivity contribution in [2.75, 3.05) is 32.9 Å². The summed E-state index contributed by atoms with van der Waals surface area (Å²) < 4.78 is 11.1. The number of nitrogens with two attached hydrogens (primary N) is 1. The summed E-state index contributed by atoms with van der Waals surface area (Å²) in [5.41, 5.74) is 5.78. The number of nitrogens with zero attached hydrogens (tertiary/aromatic N) is 1. The Morgan fingerprint density at radius 2 is 1.95 bits per heavy atom. The molecule has 0 saturated heterocycles. The number of hydrogen-bond acceptors (Lipinski definition) is 3. The zero-order valence-corrected chi connectivity index (χ0v) is 12.9. The van der Waals surface area contributed by atoms with Crippen LogP contribution >= 0.6 is 0 Å². The summed E-state index contributed by atoms with van der Waals surface area (Å²) >= 11 is 0. The van der Waals surface area contributed by atoms with Gasteiger partial charge in [-0.3, -0.25) is 4.99 Å². The molecule has 1 aliphatic carbocycles. The van der Waals surface area contributed by atoms with Gasteiger partial charge in [-0.2, -0.15) is 0 Å². The molecule has 3 N–H and O–H groups in total. The Morgan fingerprint density at radius 3 is 2.65 bits per heavy atom. The minimum Gasteiger partial charge on any atom is -0.382 e. The van der Waals surface area contributed by atoms with E-state index in [-0.39, 0.29) is 0 Å². The monoisotopic (exact) mass is 285 g/mol. The summed E-state index contributed by atoms with van der Waals surface area (Å²) in [7, 11) is 0. The molecule has 0 aromatic carbocycles. The van der Waals surface area contributed by atoms with E-state index in [1.54, 1.807) is 0 Å². The Morgan fingerprint density at radius 1 is 1.20 bits per heavy atom. The zero-order valence-electron chi connectivity index (χ0n) is 12.9. The third kappa shape index (κ3) is 9.15. The lowest BCUT2D eigenvalue weighted by atomic mass is 10.1. The third-order valence-corrected chi connectivity index (χ3v) is 3.50. The van der Waals surface area contributed by atoms with Gasteiger partial charge in [-0.1, -0.05) is 25.7 Å². The SMILES string of the molecule is CCOCCCN=C(N)NCCOC1CCCCCC1. The minimum atomic E-state index is 0.448. The van der Waals surface area contributed by atoms with E-state index in [1.165, 1.54) is 38.5 Å². The van der Waals surface area contributed by atoms with Gasteiger partial charge < -0.3 is 20.5 Å². The molecule has 0 unspecified atom stereocenters. The molecule has 1 rings (SSSR count). The van der Waals surface area contributed by atoms with Gasteiger partial charge in [0.2, 0.25) is 0 Å². The van der Waals surface area contributed by atoms with E-state index < -0.39 is 0 Å². The number of aliphatic imine (C=N–C) groups is 1. The van der Waals surface area contributed by atoms with Crippen molar-refractivity contribution in [3.63, 3.8) is 0 Å². The van der Waals surface area contributed by atoms with Gasteiger partial charge in [0.25, 0.3) is 0 Å². The molecular formula is C15H31N3O2. The van der Waals surface area contributed by atoms with Gasteiger partial charge in [-0.05, 0) is 26.2 Å². The van der Waals surface area contributed by atoms with Crippen LogP contribution in [0.1, 0.15) is 51.9 Å². The first-order valence-electron chi connectivity index (χ1n) is 8.06. The Labute approximate surface area is 123 Å². The van der Waals surface area contributed by atoms with Crippen molar-refractivity contribution in [3.05, 3.63) is 0 Å². The average molecular weight is 285 g/mol. The standard InChI is InChI=1S/C15H31N3O2/c1-2-19-12-7-10-17-15(16)18-11-13-20-14-8-5-3-4-6-9-14/h14H,2-13H2,1H3,(H3,16,17,18). The molecular weight excluding hydrogens is 254 g/mol. The number of nitrogens with one attached hydrogen (secondary N) is 1. The second-order valence-corrected chi connectivity index (χ2v) is 5.23. The van der Waals surface area contributed by atoms with Crippen LogP contribution in [0.5, 0.6) is 0 Å². The van der Waals surface area contributed by atoms with Gasteiger partial charge in [0.05, 0.1) is 12.7 Å². The largest absolute Gasteiger partial charge is 0.382 e. The summed E-state index contributed by atoms with van der Waals surface area (Å²) in [6.45, 7) is 5.65. The van der Waals surface area contributed by atoms with Crippen LogP contribution in [0.25, 0.3) is 0 Å². The maximum absolute atomic E-state index is 5.88. The molecule has 1 aliphatic rings. The average Bonchev–Trinajstić information content (AvgIpc) is 2.72. The Hall–Kier alpha value is -0.810. The van der Waals surface area contributed by atoms with Crippen LogP contribution in [0.2, 0.25) is 0 Å². The van der Waals surface area contributed by atoms with Crippen LogP contribution in [0.3, 0.4) is 0 Å². The van der Waals surface area contributed by atoms with Crippen molar-refractivity contribution in [3.8, 4) is 0 Å². The van der Waals surface area contributed by atoms with Crippen LogP contribution < -0.4 is 11.1 Å². The smallest absolute Gasteiger partial charge is 0.188 e. The summed E-state index contributed by atoms with van der Waals surface area (Å²) in [6.07, 6.45) is 9.11. The second kappa shape index (κ2) is 12.0. The van der Waals surface area contributed by atoms with Gasteiger partial charge in [0, 0.05) is 26.3 Å². The summed E-state index contributed by atoms with van der Waals surface area (Å²) in [5, 5.41) is 3.09. The molecule has 0 spiro atoms. The molecule has 0 bridgehead atoms. The second-order valence-electron chi connectivity index (χ2n) is 5.23. The lowest BCUT2D eigenvalue weighted by Crippen LogP contribution is -2.35. The molecule has 0 heterocycles. The van der Waals surface area contributed by atoms with Gasteiger partial charge in [-0.25, -0.2) is 0 Å². The van der Waals surface area contributed by atoms with Gasteiger partial charge in [0.1, 0.15) is 0 Å². The highest BCUT2D eigenvalue weighted by molar-refractivity contribution is 5.77. The summed E-state index contributed by atoms with van der Waals surface area (Å²) in [4.78, 5) is 4.24. The van der Waals surface area contributed by atoms with Crippen LogP contribution in [-0.4, -0.2) is 45.0 Å². The molecule has 20 heavy (non-hydrogen) atoms. The predicted molar refractivity (Wildman–Crippen MR) is 83.0 cm³/mol. The first-order valence-corrected chi connectivity index (χ1v) is 8.06. The fraction of sp³-hybridized carbons (Fsp3) is 0.933. The topological polar surface area (TPSA) is 68.9 Å². The van der Waals surface area contributed by atoms with Crippen LogP contribution in [0.4, 0.5) is 0 Å². The highest BCUT2D eigenvalue weighted by atomic mass is 16.5. The van der Waals surface area contributed by atoms with Gasteiger partial charge >= 0.3 is 0 Å². The lowest BCUT2D eigenvalue weighted by Gasteiger charge is -2.15. The van der Waals surface area contributed by atoms with Crippen molar-refractivity contribution >= 4 is 5.96 Å². The maximum Gasteiger partial charge on any atom is 0.188 e. The fourth-order valence-corrected chi connectivity index (χ4v) is 2.38. The molecule has 5 heteroatoms. The van der Waals surface area contributed by atoms with Crippen molar-refractivity contribution < 1.29 is 9.47 Å². The van der Waals surface area contributed by atoms with Crippen molar-refractivity contribution in [1.82, 2.24) is 5.32 Å². The van der Waals surface area contributed by atoms with Gasteiger partial charge in [0.15, 0.2) is 5.96 Å². The Kier molecular flexibility index (Phi) is 10.3. The van der Waals surface area contributed by atoms with E-state index in [1.807, 2.05) is 6.92 Å². The number of hydrogen-bond donors (Lipinski definition) is 2. The minimum absolute atomic E-state index is 0.448. The van der Waals surface area contributed by atoms with Gasteiger partial charge in [-0.15, -0.1) is 0 Å². The number of rotatable bonds is 9. The molecule has 0 aromatic heterocycles. The number of ether oxygens (including phenoxy) is 2. The number of guanidine groups is 1. The van der Waals surface area contributed by atoms with Crippen LogP contribution in [0, 0.1) is 0 Å². The highest BCUT2D eigenvalue weighted by Crippen LogP contribution is 2.19. The molecule has 1 saturated carbocycles. The highest BCUT2D eigenvalue weighted by Gasteiger charge is 2.11. The van der Waals surface area contributed by atoms with Crippen molar-refractivity contribution in [2.45, 2.75) is 58.0 Å². The predicted octanol–water partition coefficient (Wildman–Crippen LogP) is 2.06. The first-order chi connectivity index (χ1) is 9.83. The van der Waals surface area contributed by atoms with E-state index in [2.05, 4.69) is 10.3 Å². The molecule has 0 radical (unpaired) electrons.